The van der Waals surface area contributed by atoms with Crippen molar-refractivity contribution in [3.8, 4) is 11.5 Å². The van der Waals surface area contributed by atoms with Crippen LogP contribution in [0, 0.1) is 12.7 Å². The van der Waals surface area contributed by atoms with E-state index in [-0.39, 0.29) is 18.2 Å². The van der Waals surface area contributed by atoms with E-state index in [0.29, 0.717) is 16.9 Å². The zero-order valence-electron chi connectivity index (χ0n) is 9.78. The van der Waals surface area contributed by atoms with Crippen molar-refractivity contribution >= 4 is 15.9 Å². The average Bonchev–Trinajstić information content (AvgIpc) is 2.35. The zero-order valence-corrected chi connectivity index (χ0v) is 11.4. The predicted octanol–water partition coefficient (Wildman–Crippen LogP) is 4.18. The van der Waals surface area contributed by atoms with E-state index in [1.165, 1.54) is 0 Å². The van der Waals surface area contributed by atoms with E-state index >= 15 is 0 Å². The Morgan fingerprint density at radius 1 is 1.22 bits per heavy atom. The first-order valence-corrected chi connectivity index (χ1v) is 6.23. The molecule has 0 bridgehead atoms. The molecular weight excluding hydrogens is 299 g/mol. The van der Waals surface area contributed by atoms with Gasteiger partial charge in [-0.1, -0.05) is 34.1 Å². The Labute approximate surface area is 113 Å². The number of rotatable bonds is 3. The highest BCUT2D eigenvalue weighted by atomic mass is 79.9. The summed E-state index contributed by atoms with van der Waals surface area (Å²) in [6.45, 7) is 1.52. The van der Waals surface area contributed by atoms with Gasteiger partial charge in [0.15, 0.2) is 11.6 Å². The molecular formula is C14H12BrFO2. The number of halogens is 2. The number of aliphatic hydroxyl groups is 1. The number of aliphatic hydroxyl groups excluding tert-OH is 1. The van der Waals surface area contributed by atoms with Crippen LogP contribution < -0.4 is 4.74 Å². The Bertz CT molecular complexity index is 570. The second kappa shape index (κ2) is 5.50. The van der Waals surface area contributed by atoms with Crippen molar-refractivity contribution in [2.75, 3.05) is 0 Å². The SMILES string of the molecule is Cc1cccc(Oc2cc(Br)ccc2CO)c1F. The second-order valence-corrected chi connectivity index (χ2v) is 4.81. The summed E-state index contributed by atoms with van der Waals surface area (Å²) >= 11 is 3.32. The normalized spacial score (nSPS) is 10.4. The Hall–Kier alpha value is -1.39. The fourth-order valence-corrected chi connectivity index (χ4v) is 1.91. The highest BCUT2D eigenvalue weighted by Crippen LogP contribution is 2.31. The van der Waals surface area contributed by atoms with Crippen LogP contribution in [0.25, 0.3) is 0 Å². The molecule has 0 atom stereocenters. The predicted molar refractivity (Wildman–Crippen MR) is 71.3 cm³/mol. The van der Waals surface area contributed by atoms with Gasteiger partial charge in [0.05, 0.1) is 6.61 Å². The van der Waals surface area contributed by atoms with Crippen molar-refractivity contribution in [2.24, 2.45) is 0 Å². The molecule has 0 fully saturated rings. The molecule has 4 heteroatoms. The molecule has 2 aromatic carbocycles. The minimum absolute atomic E-state index is 0.155. The summed E-state index contributed by atoms with van der Waals surface area (Å²) in [5, 5.41) is 9.22. The van der Waals surface area contributed by atoms with Crippen LogP contribution in [-0.2, 0) is 6.61 Å². The lowest BCUT2D eigenvalue weighted by atomic mass is 10.2. The molecule has 2 aromatic rings. The molecule has 0 saturated heterocycles. The van der Waals surface area contributed by atoms with Gasteiger partial charge < -0.3 is 9.84 Å². The van der Waals surface area contributed by atoms with Gasteiger partial charge in [-0.3, -0.25) is 0 Å². The molecule has 0 aromatic heterocycles. The maximum atomic E-state index is 13.8. The van der Waals surface area contributed by atoms with E-state index < -0.39 is 0 Å². The summed E-state index contributed by atoms with van der Waals surface area (Å²) in [5.41, 5.74) is 1.13. The first kappa shape index (κ1) is 13.1. The maximum absolute atomic E-state index is 13.8. The summed E-state index contributed by atoms with van der Waals surface area (Å²) < 4.78 is 20.2. The topological polar surface area (TPSA) is 29.5 Å². The number of ether oxygens (including phenoxy) is 1. The van der Waals surface area contributed by atoms with Gasteiger partial charge in [-0.2, -0.15) is 0 Å². The molecule has 0 aliphatic rings. The van der Waals surface area contributed by atoms with E-state index in [9.17, 15) is 9.50 Å². The summed E-state index contributed by atoms with van der Waals surface area (Å²) in [6, 6.07) is 10.2. The van der Waals surface area contributed by atoms with Gasteiger partial charge in [0.2, 0.25) is 0 Å². The van der Waals surface area contributed by atoms with Gasteiger partial charge in [0.1, 0.15) is 5.75 Å². The molecule has 0 aliphatic heterocycles. The average molecular weight is 311 g/mol. The van der Waals surface area contributed by atoms with E-state index in [1.54, 1.807) is 43.3 Å². The van der Waals surface area contributed by atoms with Crippen molar-refractivity contribution < 1.29 is 14.2 Å². The van der Waals surface area contributed by atoms with E-state index in [2.05, 4.69) is 15.9 Å². The van der Waals surface area contributed by atoms with Crippen molar-refractivity contribution in [2.45, 2.75) is 13.5 Å². The molecule has 18 heavy (non-hydrogen) atoms. The van der Waals surface area contributed by atoms with Crippen LogP contribution in [0.3, 0.4) is 0 Å². The summed E-state index contributed by atoms with van der Waals surface area (Å²) in [4.78, 5) is 0. The molecule has 0 radical (unpaired) electrons. The summed E-state index contributed by atoms with van der Waals surface area (Å²) in [7, 11) is 0. The first-order chi connectivity index (χ1) is 8.61. The van der Waals surface area contributed by atoms with E-state index in [1.807, 2.05) is 0 Å². The largest absolute Gasteiger partial charge is 0.454 e. The van der Waals surface area contributed by atoms with Crippen molar-refractivity contribution in [1.29, 1.82) is 0 Å². The lowest BCUT2D eigenvalue weighted by Crippen LogP contribution is -1.95. The van der Waals surface area contributed by atoms with Gasteiger partial charge in [0.25, 0.3) is 0 Å². The monoisotopic (exact) mass is 310 g/mol. The zero-order chi connectivity index (χ0) is 13.1. The number of hydrogen-bond donors (Lipinski definition) is 1. The van der Waals surface area contributed by atoms with Crippen molar-refractivity contribution in [1.82, 2.24) is 0 Å². The van der Waals surface area contributed by atoms with E-state index in [0.717, 1.165) is 4.47 Å². The summed E-state index contributed by atoms with van der Waals surface area (Å²) in [6.07, 6.45) is 0. The molecule has 2 nitrogen and oxygen atoms in total. The first-order valence-electron chi connectivity index (χ1n) is 5.44. The Morgan fingerprint density at radius 3 is 2.72 bits per heavy atom. The third-order valence-electron chi connectivity index (χ3n) is 2.58. The Morgan fingerprint density at radius 2 is 2.00 bits per heavy atom. The highest BCUT2D eigenvalue weighted by Gasteiger charge is 2.10. The van der Waals surface area contributed by atoms with Crippen molar-refractivity contribution in [3.63, 3.8) is 0 Å². The Balaban J connectivity index is 2.39. The maximum Gasteiger partial charge on any atom is 0.168 e. The van der Waals surface area contributed by atoms with Crippen LogP contribution in [0.15, 0.2) is 40.9 Å². The molecule has 2 rings (SSSR count). The second-order valence-electron chi connectivity index (χ2n) is 3.90. The number of hydrogen-bond acceptors (Lipinski definition) is 2. The molecule has 0 unspecified atom stereocenters. The van der Waals surface area contributed by atoms with Crippen molar-refractivity contribution in [3.05, 3.63) is 57.8 Å². The van der Waals surface area contributed by atoms with E-state index in [4.69, 9.17) is 4.74 Å². The molecule has 0 heterocycles. The molecule has 0 spiro atoms. The third kappa shape index (κ3) is 2.71. The van der Waals surface area contributed by atoms with Gasteiger partial charge in [-0.05, 0) is 30.7 Å². The quantitative estimate of drug-likeness (QED) is 0.921. The molecule has 94 valence electrons. The summed E-state index contributed by atoms with van der Waals surface area (Å²) in [5.74, 6) is 0.209. The molecule has 1 N–H and O–H groups in total. The van der Waals surface area contributed by atoms with Gasteiger partial charge in [-0.15, -0.1) is 0 Å². The van der Waals surface area contributed by atoms with Crippen LogP contribution in [0.4, 0.5) is 4.39 Å². The minimum atomic E-state index is -0.388. The molecule has 0 saturated carbocycles. The van der Waals surface area contributed by atoms with Crippen LogP contribution >= 0.6 is 15.9 Å². The van der Waals surface area contributed by atoms with Crippen LogP contribution in [0.2, 0.25) is 0 Å². The smallest absolute Gasteiger partial charge is 0.168 e. The lowest BCUT2D eigenvalue weighted by molar-refractivity contribution is 0.276. The number of benzene rings is 2. The standard InChI is InChI=1S/C14H12BrFO2/c1-9-3-2-4-12(14(9)16)18-13-7-11(15)6-5-10(13)8-17/h2-7,17H,8H2,1H3. The van der Waals surface area contributed by atoms with Crippen LogP contribution in [0.1, 0.15) is 11.1 Å². The fourth-order valence-electron chi connectivity index (χ4n) is 1.57. The third-order valence-corrected chi connectivity index (χ3v) is 3.07. The van der Waals surface area contributed by atoms with Gasteiger partial charge >= 0.3 is 0 Å². The number of aryl methyl sites for hydroxylation is 1. The fraction of sp³-hybridized carbons (Fsp3) is 0.143. The van der Waals surface area contributed by atoms with Gasteiger partial charge in [-0.25, -0.2) is 4.39 Å². The van der Waals surface area contributed by atoms with Gasteiger partial charge in [0, 0.05) is 10.0 Å². The highest BCUT2D eigenvalue weighted by molar-refractivity contribution is 9.10. The minimum Gasteiger partial charge on any atom is -0.454 e. The molecule has 0 amide bonds. The Kier molecular flexibility index (Phi) is 3.99. The molecule has 0 aliphatic carbocycles. The van der Waals surface area contributed by atoms with Crippen LogP contribution in [-0.4, -0.2) is 5.11 Å². The van der Waals surface area contributed by atoms with Crippen LogP contribution in [0.5, 0.6) is 11.5 Å². The lowest BCUT2D eigenvalue weighted by Gasteiger charge is -2.11.